The summed E-state index contributed by atoms with van der Waals surface area (Å²) in [5.41, 5.74) is 1.01. The molecule has 1 aromatic carbocycles. The van der Waals surface area contributed by atoms with E-state index in [1.807, 2.05) is 25.2 Å². The van der Waals surface area contributed by atoms with E-state index in [0.29, 0.717) is 24.2 Å². The van der Waals surface area contributed by atoms with Crippen molar-refractivity contribution < 1.29 is 14.6 Å². The van der Waals surface area contributed by atoms with E-state index in [-0.39, 0.29) is 6.42 Å². The summed E-state index contributed by atoms with van der Waals surface area (Å²) < 4.78 is 7.57. The van der Waals surface area contributed by atoms with Gasteiger partial charge in [0.2, 0.25) is 5.88 Å². The van der Waals surface area contributed by atoms with Gasteiger partial charge in [-0.05, 0) is 24.1 Å². The molecule has 0 unspecified atom stereocenters. The number of aryl methyl sites for hydroxylation is 1. The number of rotatable bonds is 7. The molecule has 0 saturated heterocycles. The molecule has 2 rings (SSSR count). The highest BCUT2D eigenvalue weighted by atomic mass is 32.2. The Labute approximate surface area is 128 Å². The van der Waals surface area contributed by atoms with Crippen LogP contribution in [0.5, 0.6) is 5.88 Å². The fraction of sp³-hybridized carbons (Fsp3) is 0.467. The molecular weight excluding hydrogens is 288 g/mol. The second-order valence-corrected chi connectivity index (χ2v) is 6.47. The predicted molar refractivity (Wildman–Crippen MR) is 84.0 cm³/mol. The summed E-state index contributed by atoms with van der Waals surface area (Å²) in [4.78, 5) is 11.6. The van der Waals surface area contributed by atoms with E-state index in [2.05, 4.69) is 18.9 Å². The van der Waals surface area contributed by atoms with Crippen molar-refractivity contribution in [1.29, 1.82) is 0 Å². The summed E-state index contributed by atoms with van der Waals surface area (Å²) in [6, 6.07) is 6.00. The Bertz CT molecular complexity index is 637. The molecule has 0 bridgehead atoms. The fourth-order valence-corrected chi connectivity index (χ4v) is 2.79. The minimum Gasteiger partial charge on any atom is -0.481 e. The van der Waals surface area contributed by atoms with Crippen LogP contribution in [0, 0.1) is 5.92 Å². The zero-order valence-electron chi connectivity index (χ0n) is 12.5. The molecule has 0 radical (unpaired) electrons. The van der Waals surface area contributed by atoms with Crippen LogP contribution < -0.4 is 4.74 Å². The molecule has 0 aliphatic heterocycles. The smallest absolute Gasteiger partial charge is 0.304 e. The van der Waals surface area contributed by atoms with E-state index in [0.717, 1.165) is 15.8 Å². The number of aromatic nitrogens is 2. The van der Waals surface area contributed by atoms with Gasteiger partial charge in [-0.2, -0.15) is 0 Å². The average molecular weight is 308 g/mol. The lowest BCUT2D eigenvalue weighted by Crippen LogP contribution is -2.05. The first-order valence-electron chi connectivity index (χ1n) is 6.91. The highest BCUT2D eigenvalue weighted by Gasteiger charge is 2.11. The number of thioether (sulfide) groups is 1. The number of fused-ring (bicyclic) bond motifs is 1. The molecule has 0 saturated carbocycles. The Morgan fingerprint density at radius 3 is 2.90 bits per heavy atom. The van der Waals surface area contributed by atoms with Crippen LogP contribution in [0.3, 0.4) is 0 Å². The summed E-state index contributed by atoms with van der Waals surface area (Å²) in [6.07, 6.45) is 0.159. The molecule has 0 spiro atoms. The van der Waals surface area contributed by atoms with E-state index in [1.54, 1.807) is 4.68 Å². The second kappa shape index (κ2) is 6.85. The van der Waals surface area contributed by atoms with Crippen molar-refractivity contribution in [3.8, 4) is 5.88 Å². The van der Waals surface area contributed by atoms with Gasteiger partial charge in [-0.15, -0.1) is 16.9 Å². The van der Waals surface area contributed by atoms with E-state index in [9.17, 15) is 4.79 Å². The summed E-state index contributed by atoms with van der Waals surface area (Å²) in [5.74, 6) is 0.867. The third-order valence-electron chi connectivity index (χ3n) is 2.93. The van der Waals surface area contributed by atoms with Gasteiger partial charge < -0.3 is 9.84 Å². The molecule has 1 heterocycles. The number of hydrogen-bond acceptors (Lipinski definition) is 4. The molecular formula is C15H20N2O3S. The SMILES string of the molecule is CC(C)COc1nn(C)c2ccc(SCCC(=O)O)cc12. The Kier molecular flexibility index (Phi) is 5.12. The molecule has 21 heavy (non-hydrogen) atoms. The van der Waals surface area contributed by atoms with Gasteiger partial charge in [0.05, 0.1) is 23.9 Å². The van der Waals surface area contributed by atoms with Gasteiger partial charge in [0, 0.05) is 17.7 Å². The lowest BCUT2D eigenvalue weighted by molar-refractivity contribution is -0.136. The van der Waals surface area contributed by atoms with Gasteiger partial charge in [0.15, 0.2) is 0 Å². The minimum absolute atomic E-state index is 0.159. The third kappa shape index (κ3) is 4.14. The number of benzene rings is 1. The zero-order valence-corrected chi connectivity index (χ0v) is 13.3. The summed E-state index contributed by atoms with van der Waals surface area (Å²) >= 11 is 1.53. The van der Waals surface area contributed by atoms with E-state index in [1.165, 1.54) is 11.8 Å². The molecule has 6 heteroatoms. The second-order valence-electron chi connectivity index (χ2n) is 5.30. The van der Waals surface area contributed by atoms with Crippen LogP contribution in [0.2, 0.25) is 0 Å². The van der Waals surface area contributed by atoms with Gasteiger partial charge in [-0.25, -0.2) is 0 Å². The number of hydrogen-bond donors (Lipinski definition) is 1. The van der Waals surface area contributed by atoms with Gasteiger partial charge >= 0.3 is 5.97 Å². The minimum atomic E-state index is -0.772. The van der Waals surface area contributed by atoms with Crippen LogP contribution in [-0.4, -0.2) is 33.2 Å². The van der Waals surface area contributed by atoms with Crippen LogP contribution >= 0.6 is 11.8 Å². The highest BCUT2D eigenvalue weighted by molar-refractivity contribution is 7.99. The fourth-order valence-electron chi connectivity index (χ4n) is 1.91. The Morgan fingerprint density at radius 1 is 1.48 bits per heavy atom. The molecule has 1 aromatic heterocycles. The van der Waals surface area contributed by atoms with Crippen LogP contribution in [0.1, 0.15) is 20.3 Å². The maximum Gasteiger partial charge on any atom is 0.304 e. The monoisotopic (exact) mass is 308 g/mol. The van der Waals surface area contributed by atoms with Crippen molar-refractivity contribution in [3.63, 3.8) is 0 Å². The molecule has 0 atom stereocenters. The number of carbonyl (C=O) groups is 1. The Morgan fingerprint density at radius 2 is 2.24 bits per heavy atom. The lowest BCUT2D eigenvalue weighted by atomic mass is 10.2. The lowest BCUT2D eigenvalue weighted by Gasteiger charge is -2.06. The summed E-state index contributed by atoms with van der Waals surface area (Å²) in [5, 5.41) is 14.1. The maximum absolute atomic E-state index is 10.6. The first-order chi connectivity index (χ1) is 9.97. The number of ether oxygens (including phenoxy) is 1. The Hall–Kier alpha value is -1.69. The van der Waals surface area contributed by atoms with Crippen LogP contribution in [0.15, 0.2) is 23.1 Å². The van der Waals surface area contributed by atoms with E-state index < -0.39 is 5.97 Å². The normalized spacial score (nSPS) is 11.2. The van der Waals surface area contributed by atoms with Crippen LogP contribution in [0.4, 0.5) is 0 Å². The number of carboxylic acid groups (broad SMARTS) is 1. The van der Waals surface area contributed by atoms with Gasteiger partial charge in [0.1, 0.15) is 0 Å². The molecule has 2 aromatic rings. The molecule has 1 N–H and O–H groups in total. The molecule has 0 fully saturated rings. The van der Waals surface area contributed by atoms with Crippen molar-refractivity contribution in [1.82, 2.24) is 9.78 Å². The average Bonchev–Trinajstić information content (AvgIpc) is 2.72. The quantitative estimate of drug-likeness (QED) is 0.796. The standard InChI is InChI=1S/C15H20N2O3S/c1-10(2)9-20-15-12-8-11(21-7-6-14(18)19)4-5-13(12)17(3)16-15/h4-5,8,10H,6-7,9H2,1-3H3,(H,18,19). The first kappa shape index (κ1) is 15.7. The van der Waals surface area contributed by atoms with Crippen molar-refractivity contribution in [2.45, 2.75) is 25.2 Å². The number of aliphatic carboxylic acids is 1. The topological polar surface area (TPSA) is 64.4 Å². The molecule has 0 aliphatic carbocycles. The van der Waals surface area contributed by atoms with E-state index >= 15 is 0 Å². The van der Waals surface area contributed by atoms with Crippen molar-refractivity contribution in [2.75, 3.05) is 12.4 Å². The highest BCUT2D eigenvalue weighted by Crippen LogP contribution is 2.30. The third-order valence-corrected chi connectivity index (χ3v) is 3.92. The first-order valence-corrected chi connectivity index (χ1v) is 7.90. The number of nitrogens with zero attached hydrogens (tertiary/aromatic N) is 2. The molecule has 0 aliphatic rings. The van der Waals surface area contributed by atoms with Crippen LogP contribution in [-0.2, 0) is 11.8 Å². The predicted octanol–water partition coefficient (Wildman–Crippen LogP) is 3.17. The van der Waals surface area contributed by atoms with Gasteiger partial charge in [-0.3, -0.25) is 9.48 Å². The molecule has 5 nitrogen and oxygen atoms in total. The molecule has 114 valence electrons. The van der Waals surface area contributed by atoms with Crippen molar-refractivity contribution >= 4 is 28.6 Å². The zero-order chi connectivity index (χ0) is 15.4. The largest absolute Gasteiger partial charge is 0.481 e. The van der Waals surface area contributed by atoms with Crippen molar-refractivity contribution in [2.24, 2.45) is 13.0 Å². The summed E-state index contributed by atoms with van der Waals surface area (Å²) in [6.45, 7) is 4.82. The summed E-state index contributed by atoms with van der Waals surface area (Å²) in [7, 11) is 1.89. The van der Waals surface area contributed by atoms with Gasteiger partial charge in [0.25, 0.3) is 0 Å². The number of carboxylic acids is 1. The Balaban J connectivity index is 2.19. The van der Waals surface area contributed by atoms with Gasteiger partial charge in [-0.1, -0.05) is 13.8 Å². The van der Waals surface area contributed by atoms with Crippen molar-refractivity contribution in [3.05, 3.63) is 18.2 Å². The molecule has 0 amide bonds. The maximum atomic E-state index is 10.6. The van der Waals surface area contributed by atoms with Crippen LogP contribution in [0.25, 0.3) is 10.9 Å². The van der Waals surface area contributed by atoms with E-state index in [4.69, 9.17) is 9.84 Å².